The predicted molar refractivity (Wildman–Crippen MR) is 70.7 cm³/mol. The fourth-order valence-electron chi connectivity index (χ4n) is 1.62. The van der Waals surface area contributed by atoms with Gasteiger partial charge in [0.25, 0.3) is 0 Å². The van der Waals surface area contributed by atoms with Crippen LogP contribution in [0.1, 0.15) is 6.42 Å². The van der Waals surface area contributed by atoms with Gasteiger partial charge in [0.15, 0.2) is 0 Å². The van der Waals surface area contributed by atoms with Gasteiger partial charge < -0.3 is 10.5 Å². The Morgan fingerprint density at radius 1 is 1.44 bits per heavy atom. The predicted octanol–water partition coefficient (Wildman–Crippen LogP) is 1.96. The van der Waals surface area contributed by atoms with Crippen LogP contribution in [0.2, 0.25) is 5.02 Å². The van der Waals surface area contributed by atoms with Crippen LogP contribution in [0.5, 0.6) is 5.75 Å². The summed E-state index contributed by atoms with van der Waals surface area (Å²) in [5, 5.41) is 8.71. The van der Waals surface area contributed by atoms with Crippen molar-refractivity contribution in [3.63, 3.8) is 0 Å². The van der Waals surface area contributed by atoms with Crippen LogP contribution in [0, 0.1) is 0 Å². The van der Waals surface area contributed by atoms with Crippen LogP contribution >= 0.6 is 11.6 Å². The zero-order valence-electron chi connectivity index (χ0n) is 10.1. The van der Waals surface area contributed by atoms with E-state index >= 15 is 0 Å². The Hall–Kier alpha value is -1.59. The van der Waals surface area contributed by atoms with E-state index in [4.69, 9.17) is 22.1 Å². The van der Waals surface area contributed by atoms with Gasteiger partial charge in [-0.15, -0.1) is 5.10 Å². The number of hydrogen-bond acceptors (Lipinski definition) is 4. The molecular weight excluding hydrogens is 252 g/mol. The van der Waals surface area contributed by atoms with Gasteiger partial charge in [-0.25, -0.2) is 0 Å². The lowest BCUT2D eigenvalue weighted by molar-refractivity contribution is 0.415. The van der Waals surface area contributed by atoms with Crippen molar-refractivity contribution in [2.24, 2.45) is 5.73 Å². The molecule has 0 amide bonds. The van der Waals surface area contributed by atoms with Crippen molar-refractivity contribution >= 4 is 11.6 Å². The second-order valence-electron chi connectivity index (χ2n) is 3.86. The first-order valence-corrected chi connectivity index (χ1v) is 6.06. The van der Waals surface area contributed by atoms with Gasteiger partial charge in [0.1, 0.15) is 11.4 Å². The summed E-state index contributed by atoms with van der Waals surface area (Å²) in [6.45, 7) is 1.41. The molecule has 2 N–H and O–H groups in total. The van der Waals surface area contributed by atoms with E-state index in [-0.39, 0.29) is 0 Å². The normalized spacial score (nSPS) is 10.6. The lowest BCUT2D eigenvalue weighted by Crippen LogP contribution is -2.06. The highest BCUT2D eigenvalue weighted by Gasteiger charge is 2.07. The van der Waals surface area contributed by atoms with E-state index in [0.29, 0.717) is 17.3 Å². The number of ether oxygens (including phenoxy) is 1. The Morgan fingerprint density at radius 2 is 2.28 bits per heavy atom. The Bertz CT molecular complexity index is 527. The van der Waals surface area contributed by atoms with E-state index < -0.39 is 0 Å². The van der Waals surface area contributed by atoms with Gasteiger partial charge in [0.2, 0.25) is 0 Å². The van der Waals surface area contributed by atoms with Crippen LogP contribution < -0.4 is 10.5 Å². The van der Waals surface area contributed by atoms with Crippen molar-refractivity contribution in [2.75, 3.05) is 13.7 Å². The van der Waals surface area contributed by atoms with Gasteiger partial charge >= 0.3 is 0 Å². The number of halogens is 1. The molecule has 0 radical (unpaired) electrons. The maximum atomic E-state index is 6.07. The topological polar surface area (TPSA) is 66.0 Å². The maximum Gasteiger partial charge on any atom is 0.137 e. The first kappa shape index (κ1) is 12.9. The third kappa shape index (κ3) is 2.80. The molecule has 0 saturated carbocycles. The number of nitrogens with two attached hydrogens (primary N) is 1. The number of hydrogen-bond donors (Lipinski definition) is 1. The molecule has 0 aliphatic heterocycles. The van der Waals surface area contributed by atoms with E-state index in [1.807, 2.05) is 24.4 Å². The minimum Gasteiger partial charge on any atom is -0.495 e. The molecule has 0 bridgehead atoms. The van der Waals surface area contributed by atoms with E-state index in [1.54, 1.807) is 11.8 Å². The van der Waals surface area contributed by atoms with Gasteiger partial charge in [-0.05, 0) is 31.2 Å². The van der Waals surface area contributed by atoms with E-state index in [2.05, 4.69) is 10.3 Å². The average Bonchev–Trinajstić information content (AvgIpc) is 2.85. The molecule has 5 nitrogen and oxygen atoms in total. The van der Waals surface area contributed by atoms with Gasteiger partial charge in [-0.1, -0.05) is 16.8 Å². The number of benzene rings is 1. The van der Waals surface area contributed by atoms with Crippen LogP contribution in [-0.2, 0) is 6.54 Å². The summed E-state index contributed by atoms with van der Waals surface area (Å²) in [6.07, 6.45) is 2.76. The van der Waals surface area contributed by atoms with E-state index in [1.165, 1.54) is 0 Å². The summed E-state index contributed by atoms with van der Waals surface area (Å²) < 4.78 is 6.89. The van der Waals surface area contributed by atoms with Gasteiger partial charge in [0, 0.05) is 12.1 Å². The fourth-order valence-corrected chi connectivity index (χ4v) is 1.88. The number of aromatic nitrogens is 3. The van der Waals surface area contributed by atoms with Crippen molar-refractivity contribution in [3.05, 3.63) is 29.4 Å². The van der Waals surface area contributed by atoms with E-state index in [0.717, 1.165) is 24.2 Å². The molecular formula is C12H15ClN4O. The molecule has 0 spiro atoms. The van der Waals surface area contributed by atoms with Crippen molar-refractivity contribution in [1.29, 1.82) is 0 Å². The summed E-state index contributed by atoms with van der Waals surface area (Å²) in [6, 6.07) is 5.54. The lowest BCUT2D eigenvalue weighted by Gasteiger charge is -2.03. The van der Waals surface area contributed by atoms with Crippen LogP contribution in [0.15, 0.2) is 24.4 Å². The summed E-state index contributed by atoms with van der Waals surface area (Å²) >= 11 is 6.07. The summed E-state index contributed by atoms with van der Waals surface area (Å²) in [5.74, 6) is 0.649. The van der Waals surface area contributed by atoms with Gasteiger partial charge in [-0.2, -0.15) is 0 Å². The highest BCUT2D eigenvalue weighted by Crippen LogP contribution is 2.29. The minimum absolute atomic E-state index is 0.562. The summed E-state index contributed by atoms with van der Waals surface area (Å²) in [7, 11) is 1.59. The molecule has 6 heteroatoms. The number of methoxy groups -OCH3 is 1. The first-order valence-electron chi connectivity index (χ1n) is 5.68. The molecule has 1 heterocycles. The van der Waals surface area contributed by atoms with Crippen LogP contribution in [-0.4, -0.2) is 28.6 Å². The van der Waals surface area contributed by atoms with Crippen LogP contribution in [0.25, 0.3) is 11.3 Å². The third-order valence-electron chi connectivity index (χ3n) is 2.58. The number of rotatable bonds is 5. The van der Waals surface area contributed by atoms with Crippen molar-refractivity contribution in [2.45, 2.75) is 13.0 Å². The molecule has 0 aliphatic carbocycles. The number of aryl methyl sites for hydroxylation is 1. The molecule has 2 rings (SSSR count). The smallest absolute Gasteiger partial charge is 0.137 e. The van der Waals surface area contributed by atoms with Gasteiger partial charge in [-0.3, -0.25) is 4.68 Å². The summed E-state index contributed by atoms with van der Waals surface area (Å²) in [5.41, 5.74) is 7.16. The van der Waals surface area contributed by atoms with Crippen molar-refractivity contribution < 1.29 is 4.74 Å². The second-order valence-corrected chi connectivity index (χ2v) is 4.27. The minimum atomic E-state index is 0.562. The van der Waals surface area contributed by atoms with Gasteiger partial charge in [0.05, 0.1) is 18.3 Å². The average molecular weight is 267 g/mol. The maximum absolute atomic E-state index is 6.07. The Balaban J connectivity index is 2.20. The molecule has 0 saturated heterocycles. The highest BCUT2D eigenvalue weighted by atomic mass is 35.5. The van der Waals surface area contributed by atoms with Crippen LogP contribution in [0.3, 0.4) is 0 Å². The quantitative estimate of drug-likeness (QED) is 0.898. The molecule has 2 aromatic rings. The zero-order valence-corrected chi connectivity index (χ0v) is 10.9. The van der Waals surface area contributed by atoms with Crippen molar-refractivity contribution in [3.8, 4) is 17.0 Å². The lowest BCUT2D eigenvalue weighted by atomic mass is 10.1. The Labute approximate surface area is 111 Å². The highest BCUT2D eigenvalue weighted by molar-refractivity contribution is 6.32. The second kappa shape index (κ2) is 5.84. The SMILES string of the molecule is COc1ccc(-c2cn(CCCN)nn2)cc1Cl. The van der Waals surface area contributed by atoms with Crippen LogP contribution in [0.4, 0.5) is 0 Å². The monoisotopic (exact) mass is 266 g/mol. The molecule has 1 aromatic heterocycles. The molecule has 1 aromatic carbocycles. The number of nitrogens with zero attached hydrogens (tertiary/aromatic N) is 3. The standard InChI is InChI=1S/C12H15ClN4O/c1-18-12-4-3-9(7-10(12)13)11-8-17(16-15-11)6-2-5-14/h3-4,7-8H,2,5-6,14H2,1H3. The molecule has 0 fully saturated rings. The van der Waals surface area contributed by atoms with E-state index in [9.17, 15) is 0 Å². The molecule has 18 heavy (non-hydrogen) atoms. The Morgan fingerprint density at radius 3 is 2.94 bits per heavy atom. The third-order valence-corrected chi connectivity index (χ3v) is 2.87. The zero-order chi connectivity index (χ0) is 13.0. The molecule has 0 aliphatic rings. The fraction of sp³-hybridized carbons (Fsp3) is 0.333. The molecule has 0 unspecified atom stereocenters. The largest absolute Gasteiger partial charge is 0.495 e. The first-order chi connectivity index (χ1) is 8.74. The Kier molecular flexibility index (Phi) is 4.17. The van der Waals surface area contributed by atoms with Crippen molar-refractivity contribution in [1.82, 2.24) is 15.0 Å². The molecule has 96 valence electrons. The summed E-state index contributed by atoms with van der Waals surface area (Å²) in [4.78, 5) is 0. The molecule has 0 atom stereocenters.